The fourth-order valence-electron chi connectivity index (χ4n) is 4.07. The molecule has 1 N–H and O–H groups in total. The first kappa shape index (κ1) is 12.8. The SMILES string of the molecule is c1ccc2c(c1)CCCCC2NC1CCN(C2CC2)C1. The lowest BCUT2D eigenvalue weighted by Crippen LogP contribution is -2.36. The van der Waals surface area contributed by atoms with Crippen LogP contribution in [0.15, 0.2) is 24.3 Å². The standard InChI is InChI=1S/C18H26N2/c1-3-7-17-14(5-1)6-2-4-8-18(17)19-15-11-12-20(13-15)16-9-10-16/h1,3,5,7,15-16,18-19H,2,4,6,8-13H2. The molecule has 3 aliphatic rings. The predicted octanol–water partition coefficient (Wildman–Crippen LogP) is 3.28. The Labute approximate surface area is 122 Å². The Bertz CT molecular complexity index is 466. The fourth-order valence-corrected chi connectivity index (χ4v) is 4.07. The molecule has 20 heavy (non-hydrogen) atoms. The van der Waals surface area contributed by atoms with Crippen LogP contribution < -0.4 is 5.32 Å². The van der Waals surface area contributed by atoms with Crippen LogP contribution in [-0.4, -0.2) is 30.1 Å². The molecule has 2 heteroatoms. The van der Waals surface area contributed by atoms with E-state index in [4.69, 9.17) is 0 Å². The Morgan fingerprint density at radius 1 is 1.00 bits per heavy atom. The third-order valence-corrected chi connectivity index (χ3v) is 5.34. The van der Waals surface area contributed by atoms with Crippen LogP contribution in [0.4, 0.5) is 0 Å². The molecule has 2 atom stereocenters. The van der Waals surface area contributed by atoms with E-state index in [9.17, 15) is 0 Å². The summed E-state index contributed by atoms with van der Waals surface area (Å²) in [5.74, 6) is 0. The molecule has 2 aliphatic carbocycles. The van der Waals surface area contributed by atoms with Gasteiger partial charge in [-0.15, -0.1) is 0 Å². The number of benzene rings is 1. The first-order chi connectivity index (χ1) is 9.90. The Hall–Kier alpha value is -0.860. The normalized spacial score (nSPS) is 31.0. The van der Waals surface area contributed by atoms with Gasteiger partial charge in [0.15, 0.2) is 0 Å². The monoisotopic (exact) mass is 270 g/mol. The van der Waals surface area contributed by atoms with Gasteiger partial charge in [0.25, 0.3) is 0 Å². The molecule has 0 aromatic heterocycles. The summed E-state index contributed by atoms with van der Waals surface area (Å²) >= 11 is 0. The summed E-state index contributed by atoms with van der Waals surface area (Å²) in [5, 5.41) is 3.98. The molecule has 0 amide bonds. The topological polar surface area (TPSA) is 15.3 Å². The molecule has 2 fully saturated rings. The van der Waals surface area contributed by atoms with Crippen molar-refractivity contribution >= 4 is 0 Å². The highest BCUT2D eigenvalue weighted by Crippen LogP contribution is 2.32. The Kier molecular flexibility index (Phi) is 3.53. The molecule has 1 saturated carbocycles. The number of likely N-dealkylation sites (tertiary alicyclic amines) is 1. The molecule has 0 bridgehead atoms. The lowest BCUT2D eigenvalue weighted by atomic mass is 9.98. The van der Waals surface area contributed by atoms with Crippen molar-refractivity contribution < 1.29 is 0 Å². The van der Waals surface area contributed by atoms with E-state index in [0.29, 0.717) is 12.1 Å². The minimum Gasteiger partial charge on any atom is -0.306 e. The number of fused-ring (bicyclic) bond motifs is 1. The van der Waals surface area contributed by atoms with E-state index in [1.54, 1.807) is 11.1 Å². The van der Waals surface area contributed by atoms with Crippen molar-refractivity contribution in [3.05, 3.63) is 35.4 Å². The van der Waals surface area contributed by atoms with Gasteiger partial charge in [0, 0.05) is 31.2 Å². The molecule has 1 heterocycles. The molecule has 1 aromatic rings. The average Bonchev–Trinajstić information content (AvgIpc) is 3.25. The molecule has 0 radical (unpaired) electrons. The summed E-state index contributed by atoms with van der Waals surface area (Å²) in [6.45, 7) is 2.60. The first-order valence-corrected chi connectivity index (χ1v) is 8.48. The van der Waals surface area contributed by atoms with Crippen LogP contribution in [0, 0.1) is 0 Å². The molecule has 1 aromatic carbocycles. The highest BCUT2D eigenvalue weighted by atomic mass is 15.2. The van der Waals surface area contributed by atoms with E-state index >= 15 is 0 Å². The van der Waals surface area contributed by atoms with Crippen molar-refractivity contribution in [2.75, 3.05) is 13.1 Å². The van der Waals surface area contributed by atoms with Gasteiger partial charge in [0.05, 0.1) is 0 Å². The predicted molar refractivity (Wildman–Crippen MR) is 82.9 cm³/mol. The van der Waals surface area contributed by atoms with Gasteiger partial charge >= 0.3 is 0 Å². The largest absolute Gasteiger partial charge is 0.306 e. The number of hydrogen-bond acceptors (Lipinski definition) is 2. The number of nitrogens with one attached hydrogen (secondary N) is 1. The van der Waals surface area contributed by atoms with Gasteiger partial charge in [0.1, 0.15) is 0 Å². The smallest absolute Gasteiger partial charge is 0.0325 e. The van der Waals surface area contributed by atoms with Crippen LogP contribution in [0.5, 0.6) is 0 Å². The maximum atomic E-state index is 3.98. The van der Waals surface area contributed by atoms with Gasteiger partial charge in [-0.05, 0) is 49.7 Å². The number of hydrogen-bond donors (Lipinski definition) is 1. The van der Waals surface area contributed by atoms with Crippen molar-refractivity contribution in [3.8, 4) is 0 Å². The zero-order valence-electron chi connectivity index (χ0n) is 12.4. The van der Waals surface area contributed by atoms with Gasteiger partial charge in [-0.3, -0.25) is 4.90 Å². The van der Waals surface area contributed by atoms with E-state index in [1.165, 1.54) is 58.0 Å². The van der Waals surface area contributed by atoms with Crippen molar-refractivity contribution in [3.63, 3.8) is 0 Å². The van der Waals surface area contributed by atoms with Crippen molar-refractivity contribution in [1.82, 2.24) is 10.2 Å². The molecule has 0 spiro atoms. The summed E-state index contributed by atoms with van der Waals surface area (Å²) in [7, 11) is 0. The second-order valence-corrected chi connectivity index (χ2v) is 6.88. The minimum atomic E-state index is 0.595. The summed E-state index contributed by atoms with van der Waals surface area (Å²) in [6.07, 6.45) is 9.54. The van der Waals surface area contributed by atoms with Gasteiger partial charge in [-0.1, -0.05) is 30.7 Å². The van der Waals surface area contributed by atoms with E-state index < -0.39 is 0 Å². The lowest BCUT2D eigenvalue weighted by Gasteiger charge is -2.24. The zero-order valence-corrected chi connectivity index (χ0v) is 12.4. The third-order valence-electron chi connectivity index (χ3n) is 5.34. The molecular weight excluding hydrogens is 244 g/mol. The molecule has 108 valence electrons. The third kappa shape index (κ3) is 2.64. The van der Waals surface area contributed by atoms with E-state index in [-0.39, 0.29) is 0 Å². The van der Waals surface area contributed by atoms with E-state index in [2.05, 4.69) is 34.5 Å². The highest BCUT2D eigenvalue weighted by Gasteiger charge is 2.35. The van der Waals surface area contributed by atoms with Crippen molar-refractivity contribution in [1.29, 1.82) is 0 Å². The summed E-state index contributed by atoms with van der Waals surface area (Å²) < 4.78 is 0. The first-order valence-electron chi connectivity index (χ1n) is 8.48. The summed E-state index contributed by atoms with van der Waals surface area (Å²) in [4.78, 5) is 2.71. The van der Waals surface area contributed by atoms with Crippen LogP contribution in [0.25, 0.3) is 0 Å². The lowest BCUT2D eigenvalue weighted by molar-refractivity contribution is 0.310. The molecule has 1 saturated heterocycles. The molecule has 4 rings (SSSR count). The molecule has 2 unspecified atom stereocenters. The number of rotatable bonds is 3. The quantitative estimate of drug-likeness (QED) is 0.848. The molecule has 2 nitrogen and oxygen atoms in total. The van der Waals surface area contributed by atoms with Crippen LogP contribution in [0.1, 0.15) is 55.7 Å². The second kappa shape index (κ2) is 5.50. The van der Waals surface area contributed by atoms with Gasteiger partial charge in [0.2, 0.25) is 0 Å². The second-order valence-electron chi connectivity index (χ2n) is 6.88. The average molecular weight is 270 g/mol. The Morgan fingerprint density at radius 2 is 1.90 bits per heavy atom. The summed E-state index contributed by atoms with van der Waals surface area (Å²) in [5.41, 5.74) is 3.16. The number of nitrogens with zero attached hydrogens (tertiary/aromatic N) is 1. The molecular formula is C18H26N2. The maximum absolute atomic E-state index is 3.98. The van der Waals surface area contributed by atoms with Crippen LogP contribution >= 0.6 is 0 Å². The summed E-state index contributed by atoms with van der Waals surface area (Å²) in [6, 6.07) is 11.3. The molecule has 1 aliphatic heterocycles. The zero-order chi connectivity index (χ0) is 13.4. The van der Waals surface area contributed by atoms with E-state index in [0.717, 1.165) is 6.04 Å². The van der Waals surface area contributed by atoms with Crippen molar-refractivity contribution in [2.24, 2.45) is 0 Å². The van der Waals surface area contributed by atoms with Crippen LogP contribution in [0.2, 0.25) is 0 Å². The van der Waals surface area contributed by atoms with Crippen LogP contribution in [-0.2, 0) is 6.42 Å². The van der Waals surface area contributed by atoms with Gasteiger partial charge in [-0.2, -0.15) is 0 Å². The van der Waals surface area contributed by atoms with E-state index in [1.807, 2.05) is 0 Å². The van der Waals surface area contributed by atoms with Gasteiger partial charge in [-0.25, -0.2) is 0 Å². The fraction of sp³-hybridized carbons (Fsp3) is 0.667. The highest BCUT2D eigenvalue weighted by molar-refractivity contribution is 5.31. The minimum absolute atomic E-state index is 0.595. The van der Waals surface area contributed by atoms with Crippen LogP contribution in [0.3, 0.4) is 0 Å². The Morgan fingerprint density at radius 3 is 2.80 bits per heavy atom. The Balaban J connectivity index is 1.45. The van der Waals surface area contributed by atoms with Crippen molar-refractivity contribution in [2.45, 2.75) is 63.1 Å². The van der Waals surface area contributed by atoms with Gasteiger partial charge < -0.3 is 5.32 Å². The maximum Gasteiger partial charge on any atom is 0.0325 e. The number of aryl methyl sites for hydroxylation is 1.